The van der Waals surface area contributed by atoms with Crippen molar-refractivity contribution < 1.29 is 9.59 Å². The smallest absolute Gasteiger partial charge is 0.238 e. The number of halogens is 1. The van der Waals surface area contributed by atoms with Crippen LogP contribution in [0.15, 0.2) is 65.1 Å². The van der Waals surface area contributed by atoms with Crippen molar-refractivity contribution in [3.8, 4) is 0 Å². The van der Waals surface area contributed by atoms with Gasteiger partial charge in [0.2, 0.25) is 11.8 Å². The van der Waals surface area contributed by atoms with Crippen LogP contribution in [-0.2, 0) is 9.59 Å². The summed E-state index contributed by atoms with van der Waals surface area (Å²) in [6.45, 7) is 2.18. The minimum absolute atomic E-state index is 0.121. The van der Waals surface area contributed by atoms with Crippen molar-refractivity contribution in [1.29, 1.82) is 0 Å². The fraction of sp³-hybridized carbons (Fsp3) is 0.182. The van der Waals surface area contributed by atoms with Crippen molar-refractivity contribution in [3.05, 3.63) is 70.7 Å². The lowest BCUT2D eigenvalue weighted by molar-refractivity contribution is -0.119. The van der Waals surface area contributed by atoms with Gasteiger partial charge in [-0.3, -0.25) is 14.5 Å². The van der Waals surface area contributed by atoms with Crippen molar-refractivity contribution in [1.82, 2.24) is 4.90 Å². The number of nitrogens with zero attached hydrogens (tertiary/aromatic N) is 1. The molecule has 0 aliphatic carbocycles. The normalized spacial score (nSPS) is 10.9. The molecule has 0 unspecified atom stereocenters. The Balaban J connectivity index is 1.56. The van der Waals surface area contributed by atoms with E-state index in [1.54, 1.807) is 11.9 Å². The number of hydrogen-bond acceptors (Lipinski definition) is 3. The number of aryl methyl sites for hydroxylation is 1. The molecule has 0 aliphatic heterocycles. The van der Waals surface area contributed by atoms with E-state index >= 15 is 0 Å². The maximum absolute atomic E-state index is 12.4. The number of benzene rings is 3. The van der Waals surface area contributed by atoms with Crippen molar-refractivity contribution >= 4 is 49.9 Å². The standard InChI is InChI=1S/C22H22BrN3O2/c1-15-12-17(23)10-11-19(15)24-21(27)13-26(2)14-22(28)25-20-9-5-7-16-6-3-4-8-18(16)20/h3-12H,13-14H2,1-2H3,(H,24,27)(H,25,28). The van der Waals surface area contributed by atoms with Crippen LogP contribution >= 0.6 is 15.9 Å². The second kappa shape index (κ2) is 8.99. The fourth-order valence-electron chi connectivity index (χ4n) is 3.03. The van der Waals surface area contributed by atoms with Gasteiger partial charge in [0.05, 0.1) is 13.1 Å². The second-order valence-corrected chi connectivity index (χ2v) is 7.67. The first-order chi connectivity index (χ1) is 13.4. The zero-order chi connectivity index (χ0) is 20.1. The molecule has 0 aliphatic rings. The lowest BCUT2D eigenvalue weighted by Crippen LogP contribution is -2.36. The fourth-order valence-corrected chi connectivity index (χ4v) is 3.50. The van der Waals surface area contributed by atoms with Crippen molar-refractivity contribution in [3.63, 3.8) is 0 Å². The maximum Gasteiger partial charge on any atom is 0.238 e. The highest BCUT2D eigenvalue weighted by Gasteiger charge is 2.13. The van der Waals surface area contributed by atoms with Crippen LogP contribution in [0.1, 0.15) is 5.56 Å². The van der Waals surface area contributed by atoms with Gasteiger partial charge in [-0.1, -0.05) is 52.3 Å². The third kappa shape index (κ3) is 5.18. The Bertz CT molecular complexity index is 1010. The highest BCUT2D eigenvalue weighted by Crippen LogP contribution is 2.23. The molecule has 2 amide bonds. The Morgan fingerprint density at radius 2 is 1.54 bits per heavy atom. The minimum Gasteiger partial charge on any atom is -0.325 e. The van der Waals surface area contributed by atoms with Gasteiger partial charge in [0.15, 0.2) is 0 Å². The molecule has 144 valence electrons. The Kier molecular flexibility index (Phi) is 6.44. The molecule has 3 aromatic rings. The van der Waals surface area contributed by atoms with E-state index in [0.717, 1.165) is 32.2 Å². The van der Waals surface area contributed by atoms with Gasteiger partial charge in [-0.05, 0) is 49.2 Å². The lowest BCUT2D eigenvalue weighted by atomic mass is 10.1. The molecule has 0 saturated heterocycles. The van der Waals surface area contributed by atoms with E-state index in [1.807, 2.05) is 67.6 Å². The first-order valence-electron chi connectivity index (χ1n) is 8.94. The van der Waals surface area contributed by atoms with E-state index < -0.39 is 0 Å². The molecular formula is C22H22BrN3O2. The van der Waals surface area contributed by atoms with Gasteiger partial charge in [-0.2, -0.15) is 0 Å². The molecule has 5 nitrogen and oxygen atoms in total. The highest BCUT2D eigenvalue weighted by molar-refractivity contribution is 9.10. The SMILES string of the molecule is Cc1cc(Br)ccc1NC(=O)CN(C)CC(=O)Nc1cccc2ccccc12. The van der Waals surface area contributed by atoms with Gasteiger partial charge in [0.25, 0.3) is 0 Å². The van der Waals surface area contributed by atoms with Crippen LogP contribution in [0.3, 0.4) is 0 Å². The summed E-state index contributed by atoms with van der Waals surface area (Å²) in [5, 5.41) is 7.88. The molecule has 0 saturated carbocycles. The molecule has 0 radical (unpaired) electrons. The number of rotatable bonds is 6. The third-order valence-electron chi connectivity index (χ3n) is 4.35. The summed E-state index contributed by atoms with van der Waals surface area (Å²) in [4.78, 5) is 26.4. The van der Waals surface area contributed by atoms with E-state index in [-0.39, 0.29) is 24.9 Å². The number of carbonyl (C=O) groups is 2. The Hall–Kier alpha value is -2.70. The molecule has 0 heterocycles. The van der Waals surface area contributed by atoms with Crippen molar-refractivity contribution in [2.45, 2.75) is 6.92 Å². The monoisotopic (exact) mass is 439 g/mol. The summed E-state index contributed by atoms with van der Waals surface area (Å²) in [6.07, 6.45) is 0. The molecule has 28 heavy (non-hydrogen) atoms. The predicted molar refractivity (Wildman–Crippen MR) is 118 cm³/mol. The number of amides is 2. The van der Waals surface area contributed by atoms with Crippen LogP contribution < -0.4 is 10.6 Å². The first-order valence-corrected chi connectivity index (χ1v) is 9.74. The van der Waals surface area contributed by atoms with Gasteiger partial charge >= 0.3 is 0 Å². The van der Waals surface area contributed by atoms with Crippen LogP contribution in [0.2, 0.25) is 0 Å². The minimum atomic E-state index is -0.161. The molecule has 0 atom stereocenters. The van der Waals surface area contributed by atoms with Crippen LogP contribution in [0, 0.1) is 6.92 Å². The number of hydrogen-bond donors (Lipinski definition) is 2. The van der Waals surface area contributed by atoms with E-state index in [1.165, 1.54) is 0 Å². The van der Waals surface area contributed by atoms with E-state index in [0.29, 0.717) is 0 Å². The molecule has 0 bridgehead atoms. The van der Waals surface area contributed by atoms with Gasteiger partial charge in [0.1, 0.15) is 0 Å². The Morgan fingerprint density at radius 1 is 0.893 bits per heavy atom. The second-order valence-electron chi connectivity index (χ2n) is 6.75. The molecule has 0 spiro atoms. The lowest BCUT2D eigenvalue weighted by Gasteiger charge is -2.17. The molecule has 3 aromatic carbocycles. The van der Waals surface area contributed by atoms with E-state index in [2.05, 4.69) is 26.6 Å². The van der Waals surface area contributed by atoms with Crippen LogP contribution in [0.5, 0.6) is 0 Å². The topological polar surface area (TPSA) is 61.4 Å². The number of fused-ring (bicyclic) bond motifs is 1. The zero-order valence-electron chi connectivity index (χ0n) is 15.8. The molecular weight excluding hydrogens is 418 g/mol. The largest absolute Gasteiger partial charge is 0.325 e. The van der Waals surface area contributed by atoms with Gasteiger partial charge in [-0.15, -0.1) is 0 Å². The highest BCUT2D eigenvalue weighted by atomic mass is 79.9. The quantitative estimate of drug-likeness (QED) is 0.597. The third-order valence-corrected chi connectivity index (χ3v) is 4.85. The summed E-state index contributed by atoms with van der Waals surface area (Å²) < 4.78 is 0.963. The summed E-state index contributed by atoms with van der Waals surface area (Å²) >= 11 is 3.41. The van der Waals surface area contributed by atoms with E-state index in [4.69, 9.17) is 0 Å². The first kappa shape index (κ1) is 20.0. The molecule has 0 aromatic heterocycles. The Morgan fingerprint density at radius 3 is 2.25 bits per heavy atom. The number of nitrogens with one attached hydrogen (secondary N) is 2. The van der Waals surface area contributed by atoms with Gasteiger partial charge < -0.3 is 10.6 Å². The zero-order valence-corrected chi connectivity index (χ0v) is 17.4. The molecule has 2 N–H and O–H groups in total. The average Bonchev–Trinajstić information content (AvgIpc) is 2.64. The average molecular weight is 440 g/mol. The summed E-state index contributed by atoms with van der Waals surface area (Å²) in [5.74, 6) is -0.322. The van der Waals surface area contributed by atoms with Gasteiger partial charge in [-0.25, -0.2) is 0 Å². The van der Waals surface area contributed by atoms with Crippen LogP contribution in [-0.4, -0.2) is 36.9 Å². The predicted octanol–water partition coefficient (Wildman–Crippen LogP) is 4.42. The maximum atomic E-state index is 12.4. The summed E-state index contributed by atoms with van der Waals surface area (Å²) in [5.41, 5.74) is 2.51. The molecule has 3 rings (SSSR count). The molecule has 0 fully saturated rings. The van der Waals surface area contributed by atoms with E-state index in [9.17, 15) is 9.59 Å². The molecule has 6 heteroatoms. The summed E-state index contributed by atoms with van der Waals surface area (Å²) in [6, 6.07) is 19.4. The van der Waals surface area contributed by atoms with Crippen molar-refractivity contribution in [2.24, 2.45) is 0 Å². The van der Waals surface area contributed by atoms with Gasteiger partial charge in [0, 0.05) is 21.2 Å². The Labute approximate surface area is 172 Å². The van der Waals surface area contributed by atoms with Crippen LogP contribution in [0.4, 0.5) is 11.4 Å². The number of anilines is 2. The number of likely N-dealkylation sites (N-methyl/N-ethyl adjacent to an activating group) is 1. The summed E-state index contributed by atoms with van der Waals surface area (Å²) in [7, 11) is 1.75. The van der Waals surface area contributed by atoms with Crippen molar-refractivity contribution in [2.75, 3.05) is 30.8 Å². The van der Waals surface area contributed by atoms with Crippen LogP contribution in [0.25, 0.3) is 10.8 Å². The number of carbonyl (C=O) groups excluding carboxylic acids is 2.